The standard InChI is InChI=1S/C25H23F3N8O/c1-3-36-21-11-18(32-22-10-15(2)34-35-22)6-9-20(21)33-23(36)29-12-16-4-7-19(8-5-16)37-24-30-13-17(14-31-24)25(26,27)28/h4-11,13-14H,3,12H2,1-2H3,(H,29,33)(H2,32,34,35). The SMILES string of the molecule is CCn1c(NCc2ccc(Oc3ncc(C(F)(F)F)cn3)cc2)nc2ccc(Nc3cc(C)[nH]n3)cc21. The number of alkyl halides is 3. The predicted octanol–water partition coefficient (Wildman–Crippen LogP) is 6.04. The van der Waals surface area contributed by atoms with Gasteiger partial charge in [0.15, 0.2) is 5.82 Å². The van der Waals surface area contributed by atoms with Crippen LogP contribution in [0.15, 0.2) is 60.9 Å². The van der Waals surface area contributed by atoms with E-state index in [2.05, 4.69) is 42.3 Å². The van der Waals surface area contributed by atoms with Gasteiger partial charge < -0.3 is 19.9 Å². The quantitative estimate of drug-likeness (QED) is 0.235. The molecular weight excluding hydrogens is 485 g/mol. The van der Waals surface area contributed by atoms with Crippen LogP contribution in [0.25, 0.3) is 11.0 Å². The fourth-order valence-electron chi connectivity index (χ4n) is 3.76. The van der Waals surface area contributed by atoms with Gasteiger partial charge in [0.2, 0.25) is 5.95 Å². The average Bonchev–Trinajstić information content (AvgIpc) is 3.45. The van der Waals surface area contributed by atoms with Crippen molar-refractivity contribution in [3.63, 3.8) is 0 Å². The Balaban J connectivity index is 1.25. The second-order valence-electron chi connectivity index (χ2n) is 8.30. The van der Waals surface area contributed by atoms with E-state index in [0.717, 1.165) is 46.3 Å². The molecule has 0 radical (unpaired) electrons. The molecule has 0 aliphatic carbocycles. The number of nitrogens with zero attached hydrogens (tertiary/aromatic N) is 5. The van der Waals surface area contributed by atoms with Gasteiger partial charge in [0, 0.05) is 42.9 Å². The molecule has 3 heterocycles. The summed E-state index contributed by atoms with van der Waals surface area (Å²) < 4.78 is 45.5. The molecule has 0 aliphatic rings. The molecule has 0 spiro atoms. The summed E-state index contributed by atoms with van der Waals surface area (Å²) in [5.41, 5.74) is 3.77. The Kier molecular flexibility index (Phi) is 6.38. The zero-order valence-corrected chi connectivity index (χ0v) is 20.0. The lowest BCUT2D eigenvalue weighted by atomic mass is 10.2. The largest absolute Gasteiger partial charge is 0.424 e. The van der Waals surface area contributed by atoms with Crippen molar-refractivity contribution in [2.45, 2.75) is 33.1 Å². The molecule has 5 rings (SSSR count). The minimum absolute atomic E-state index is 0.160. The Hall–Kier alpha value is -4.61. The average molecular weight is 509 g/mol. The number of halogens is 3. The highest BCUT2D eigenvalue weighted by atomic mass is 19.4. The van der Waals surface area contributed by atoms with E-state index in [9.17, 15) is 13.2 Å². The van der Waals surface area contributed by atoms with Gasteiger partial charge in [-0.2, -0.15) is 18.3 Å². The molecule has 190 valence electrons. The number of hydrogen-bond acceptors (Lipinski definition) is 7. The second kappa shape index (κ2) is 9.80. The van der Waals surface area contributed by atoms with Crippen molar-refractivity contribution in [1.29, 1.82) is 0 Å². The van der Waals surface area contributed by atoms with Gasteiger partial charge in [0.1, 0.15) is 5.75 Å². The van der Waals surface area contributed by atoms with Crippen LogP contribution < -0.4 is 15.4 Å². The van der Waals surface area contributed by atoms with Crippen LogP contribution in [0.1, 0.15) is 23.7 Å². The van der Waals surface area contributed by atoms with Gasteiger partial charge >= 0.3 is 12.2 Å². The number of rotatable bonds is 8. The molecule has 9 nitrogen and oxygen atoms in total. The predicted molar refractivity (Wildman–Crippen MR) is 133 cm³/mol. The van der Waals surface area contributed by atoms with Gasteiger partial charge in [0.05, 0.1) is 16.6 Å². The number of H-pyrrole nitrogens is 1. The van der Waals surface area contributed by atoms with E-state index in [0.29, 0.717) is 24.7 Å². The van der Waals surface area contributed by atoms with Crippen LogP contribution in [0.2, 0.25) is 0 Å². The molecule has 0 aliphatic heterocycles. The van der Waals surface area contributed by atoms with E-state index in [-0.39, 0.29) is 6.01 Å². The van der Waals surface area contributed by atoms with Gasteiger partial charge in [-0.1, -0.05) is 12.1 Å². The van der Waals surface area contributed by atoms with E-state index >= 15 is 0 Å². The number of aryl methyl sites for hydroxylation is 2. The summed E-state index contributed by atoms with van der Waals surface area (Å²) in [6.07, 6.45) is -3.11. The molecule has 0 saturated carbocycles. The van der Waals surface area contributed by atoms with E-state index in [1.165, 1.54) is 0 Å². The highest BCUT2D eigenvalue weighted by Crippen LogP contribution is 2.29. The minimum Gasteiger partial charge on any atom is -0.424 e. The van der Waals surface area contributed by atoms with Crippen LogP contribution in [0.5, 0.6) is 11.8 Å². The Morgan fingerprint density at radius 3 is 2.43 bits per heavy atom. The number of aromatic nitrogens is 6. The Morgan fingerprint density at radius 2 is 1.78 bits per heavy atom. The number of anilines is 3. The van der Waals surface area contributed by atoms with E-state index in [4.69, 9.17) is 9.72 Å². The lowest BCUT2D eigenvalue weighted by Crippen LogP contribution is -2.07. The van der Waals surface area contributed by atoms with Crippen LogP contribution >= 0.6 is 0 Å². The summed E-state index contributed by atoms with van der Waals surface area (Å²) in [4.78, 5) is 12.0. The van der Waals surface area contributed by atoms with E-state index in [1.807, 2.05) is 43.3 Å². The fraction of sp³-hybridized carbons (Fsp3) is 0.200. The summed E-state index contributed by atoms with van der Waals surface area (Å²) in [5.74, 6) is 1.90. The smallest absolute Gasteiger partial charge is 0.419 e. The summed E-state index contributed by atoms with van der Waals surface area (Å²) >= 11 is 0. The highest BCUT2D eigenvalue weighted by Gasteiger charge is 2.31. The molecule has 0 unspecified atom stereocenters. The molecular formula is C25H23F3N8O. The van der Waals surface area contributed by atoms with Crippen LogP contribution in [0.3, 0.4) is 0 Å². The van der Waals surface area contributed by atoms with Crippen LogP contribution in [0.4, 0.5) is 30.6 Å². The van der Waals surface area contributed by atoms with Crippen molar-refractivity contribution in [2.24, 2.45) is 0 Å². The van der Waals surface area contributed by atoms with Gasteiger partial charge in [0.25, 0.3) is 0 Å². The molecule has 0 amide bonds. The van der Waals surface area contributed by atoms with Crippen molar-refractivity contribution >= 4 is 28.5 Å². The zero-order chi connectivity index (χ0) is 26.0. The number of benzene rings is 2. The molecule has 0 bridgehead atoms. The maximum Gasteiger partial charge on any atom is 0.419 e. The third-order valence-electron chi connectivity index (χ3n) is 5.58. The van der Waals surface area contributed by atoms with Crippen molar-refractivity contribution in [2.75, 3.05) is 10.6 Å². The van der Waals surface area contributed by atoms with Gasteiger partial charge in [-0.05, 0) is 49.7 Å². The fourth-order valence-corrected chi connectivity index (χ4v) is 3.76. The van der Waals surface area contributed by atoms with Crippen LogP contribution in [-0.4, -0.2) is 29.7 Å². The maximum absolute atomic E-state index is 12.7. The molecule has 0 fully saturated rings. The first-order valence-electron chi connectivity index (χ1n) is 11.5. The Bertz CT molecular complexity index is 1510. The molecule has 3 N–H and O–H groups in total. The first-order chi connectivity index (χ1) is 17.8. The minimum atomic E-state index is -4.50. The monoisotopic (exact) mass is 508 g/mol. The topological polar surface area (TPSA) is 106 Å². The number of aromatic amines is 1. The summed E-state index contributed by atoms with van der Waals surface area (Å²) in [6, 6.07) is 14.8. The third-order valence-corrected chi connectivity index (χ3v) is 5.58. The van der Waals surface area contributed by atoms with Crippen molar-refractivity contribution in [3.05, 3.63) is 77.7 Å². The summed E-state index contributed by atoms with van der Waals surface area (Å²) in [7, 11) is 0. The lowest BCUT2D eigenvalue weighted by Gasteiger charge is -2.10. The van der Waals surface area contributed by atoms with Gasteiger partial charge in [-0.25, -0.2) is 15.0 Å². The van der Waals surface area contributed by atoms with Crippen molar-refractivity contribution in [1.82, 2.24) is 29.7 Å². The zero-order valence-electron chi connectivity index (χ0n) is 20.0. The number of nitrogens with one attached hydrogen (secondary N) is 3. The molecule has 37 heavy (non-hydrogen) atoms. The third kappa shape index (κ3) is 5.47. The summed E-state index contributed by atoms with van der Waals surface area (Å²) in [6.45, 7) is 5.24. The number of ether oxygens (including phenoxy) is 1. The molecule has 3 aromatic heterocycles. The highest BCUT2D eigenvalue weighted by molar-refractivity contribution is 5.83. The number of imidazole rings is 1. The van der Waals surface area contributed by atoms with Gasteiger partial charge in [-0.3, -0.25) is 5.10 Å². The van der Waals surface area contributed by atoms with Gasteiger partial charge in [-0.15, -0.1) is 0 Å². The Labute approximate surface area is 209 Å². The van der Waals surface area contributed by atoms with Crippen LogP contribution in [0, 0.1) is 6.92 Å². The second-order valence-corrected chi connectivity index (χ2v) is 8.30. The first-order valence-corrected chi connectivity index (χ1v) is 11.5. The molecule has 5 aromatic rings. The van der Waals surface area contributed by atoms with Crippen molar-refractivity contribution < 1.29 is 17.9 Å². The number of fused-ring (bicyclic) bond motifs is 1. The van der Waals surface area contributed by atoms with Crippen LogP contribution in [-0.2, 0) is 19.3 Å². The first kappa shape index (κ1) is 24.1. The van der Waals surface area contributed by atoms with E-state index < -0.39 is 11.7 Å². The Morgan fingerprint density at radius 1 is 1.03 bits per heavy atom. The molecule has 2 aromatic carbocycles. The number of hydrogen-bond donors (Lipinski definition) is 3. The lowest BCUT2D eigenvalue weighted by molar-refractivity contribution is -0.138. The van der Waals surface area contributed by atoms with Crippen molar-refractivity contribution in [3.8, 4) is 11.8 Å². The normalized spacial score (nSPS) is 11.6. The molecule has 0 saturated heterocycles. The summed E-state index contributed by atoms with van der Waals surface area (Å²) in [5, 5.41) is 13.8. The molecule has 0 atom stereocenters. The maximum atomic E-state index is 12.7. The molecule has 12 heteroatoms. The van der Waals surface area contributed by atoms with E-state index in [1.54, 1.807) is 12.1 Å².